The fourth-order valence-corrected chi connectivity index (χ4v) is 2.37. The van der Waals surface area contributed by atoms with Gasteiger partial charge in [0.05, 0.1) is 0 Å². The minimum Gasteiger partial charge on any atom is -0.381 e. The van der Waals surface area contributed by atoms with Crippen LogP contribution >= 0.6 is 0 Å². The molecule has 0 aromatic heterocycles. The van der Waals surface area contributed by atoms with E-state index in [1.807, 2.05) is 13.8 Å². The van der Waals surface area contributed by atoms with Crippen molar-refractivity contribution in [3.05, 3.63) is 23.8 Å². The van der Waals surface area contributed by atoms with Gasteiger partial charge in [-0.2, -0.15) is 0 Å². The third-order valence-electron chi connectivity index (χ3n) is 3.53. The Bertz CT molecular complexity index is 389. The predicted molar refractivity (Wildman–Crippen MR) is 71.1 cm³/mol. The van der Waals surface area contributed by atoms with Crippen LogP contribution in [0.4, 0.5) is 0 Å². The topological polar surface area (TPSA) is 54.4 Å². The van der Waals surface area contributed by atoms with Crippen molar-refractivity contribution in [1.29, 1.82) is 0 Å². The number of carbonyl (C=O) groups excluding carboxylic acids is 2. The Morgan fingerprint density at radius 1 is 1.44 bits per heavy atom. The van der Waals surface area contributed by atoms with Crippen LogP contribution in [0.3, 0.4) is 0 Å². The van der Waals surface area contributed by atoms with Gasteiger partial charge in [0, 0.05) is 18.8 Å². The second-order valence-electron chi connectivity index (χ2n) is 5.39. The van der Waals surface area contributed by atoms with Crippen molar-refractivity contribution >= 4 is 11.6 Å². The molecule has 0 aromatic rings. The summed E-state index contributed by atoms with van der Waals surface area (Å²) in [7, 11) is 0. The molecule has 0 bridgehead atoms. The molecule has 3 nitrogen and oxygen atoms in total. The van der Waals surface area contributed by atoms with Crippen molar-refractivity contribution in [2.45, 2.75) is 46.1 Å². The predicted octanol–water partition coefficient (Wildman–Crippen LogP) is 2.44. The summed E-state index contributed by atoms with van der Waals surface area (Å²) in [6.45, 7) is 9.40. The Balaban J connectivity index is 2.76. The van der Waals surface area contributed by atoms with E-state index in [4.69, 9.17) is 0 Å². The fraction of sp³-hybridized carbons (Fsp3) is 0.600. The number of Topliss-reactive ketones (excluding diaryl/α,β-unsaturated/α-hetero) is 2. The van der Waals surface area contributed by atoms with Crippen LogP contribution in [0.1, 0.15) is 40.0 Å². The molecule has 1 aliphatic rings. The number of carbonyl (C=O) groups is 2. The number of aliphatic hydroxyl groups is 1. The number of allylic oxidation sites excluding steroid dienone is 2. The zero-order valence-electron chi connectivity index (χ0n) is 11.4. The highest BCUT2D eigenvalue weighted by Gasteiger charge is 2.33. The minimum absolute atomic E-state index is 0.112. The maximum atomic E-state index is 12.1. The molecule has 100 valence electrons. The second-order valence-corrected chi connectivity index (χ2v) is 5.39. The lowest BCUT2D eigenvalue weighted by Crippen LogP contribution is -2.33. The third kappa shape index (κ3) is 3.64. The Kier molecular flexibility index (Phi) is 5.03. The van der Waals surface area contributed by atoms with Crippen LogP contribution in [0.2, 0.25) is 0 Å². The highest BCUT2D eigenvalue weighted by Crippen LogP contribution is 2.33. The molecule has 0 aromatic carbocycles. The molecule has 0 amide bonds. The highest BCUT2D eigenvalue weighted by molar-refractivity contribution is 5.89. The number of ketones is 2. The molecule has 0 radical (unpaired) electrons. The second kappa shape index (κ2) is 6.10. The quantitative estimate of drug-likeness (QED) is 0.780. The Morgan fingerprint density at radius 2 is 2.06 bits per heavy atom. The van der Waals surface area contributed by atoms with Gasteiger partial charge in [-0.25, -0.2) is 0 Å². The summed E-state index contributed by atoms with van der Waals surface area (Å²) in [6, 6.07) is 0. The Labute approximate surface area is 109 Å². The summed E-state index contributed by atoms with van der Waals surface area (Å²) in [6.07, 6.45) is 2.06. The van der Waals surface area contributed by atoms with Gasteiger partial charge in [-0.15, -0.1) is 0 Å². The maximum absolute atomic E-state index is 12.1. The lowest BCUT2D eigenvalue weighted by Gasteiger charge is -2.29. The lowest BCUT2D eigenvalue weighted by atomic mass is 9.75. The molecule has 0 heterocycles. The van der Waals surface area contributed by atoms with E-state index in [2.05, 4.69) is 6.58 Å². The zero-order valence-corrected chi connectivity index (χ0v) is 11.4. The molecule has 0 aliphatic heterocycles. The van der Waals surface area contributed by atoms with Gasteiger partial charge in [0.1, 0.15) is 11.9 Å². The van der Waals surface area contributed by atoms with Crippen molar-refractivity contribution in [3.63, 3.8) is 0 Å². The number of rotatable bonds is 4. The van der Waals surface area contributed by atoms with Gasteiger partial charge in [0.2, 0.25) is 0 Å². The number of hydrogen-bond donors (Lipinski definition) is 1. The summed E-state index contributed by atoms with van der Waals surface area (Å²) < 4.78 is 0. The number of hydrogen-bond acceptors (Lipinski definition) is 3. The molecule has 1 N–H and O–H groups in total. The van der Waals surface area contributed by atoms with Crippen LogP contribution < -0.4 is 0 Å². The van der Waals surface area contributed by atoms with Crippen LogP contribution in [0.25, 0.3) is 0 Å². The van der Waals surface area contributed by atoms with Crippen molar-refractivity contribution in [3.8, 4) is 0 Å². The lowest BCUT2D eigenvalue weighted by molar-refractivity contribution is -0.130. The van der Waals surface area contributed by atoms with E-state index in [9.17, 15) is 14.7 Å². The summed E-state index contributed by atoms with van der Waals surface area (Å²) in [4.78, 5) is 23.5. The van der Waals surface area contributed by atoms with Gasteiger partial charge in [0.15, 0.2) is 5.78 Å². The first-order valence-corrected chi connectivity index (χ1v) is 6.39. The first-order valence-electron chi connectivity index (χ1n) is 6.39. The first-order chi connectivity index (χ1) is 8.32. The van der Waals surface area contributed by atoms with Crippen molar-refractivity contribution in [1.82, 2.24) is 0 Å². The van der Waals surface area contributed by atoms with Crippen molar-refractivity contribution < 1.29 is 14.7 Å². The molecule has 18 heavy (non-hydrogen) atoms. The van der Waals surface area contributed by atoms with E-state index in [0.717, 1.165) is 11.1 Å². The highest BCUT2D eigenvalue weighted by atomic mass is 16.3. The van der Waals surface area contributed by atoms with E-state index in [0.29, 0.717) is 19.3 Å². The van der Waals surface area contributed by atoms with Crippen LogP contribution in [0.5, 0.6) is 0 Å². The largest absolute Gasteiger partial charge is 0.381 e. The SMILES string of the molecule is C=C1CCC(=O)C[C@@H]1[C@H](C)C(=O)C(O)C=C(C)C. The molecule has 3 heteroatoms. The van der Waals surface area contributed by atoms with Crippen LogP contribution in [-0.4, -0.2) is 22.8 Å². The summed E-state index contributed by atoms with van der Waals surface area (Å²) in [5, 5.41) is 9.80. The van der Waals surface area contributed by atoms with E-state index in [-0.39, 0.29) is 23.4 Å². The standard InChI is InChI=1S/C15H22O3/c1-9(2)7-14(17)15(18)11(4)13-8-12(16)6-5-10(13)3/h7,11,13-14,17H,3,5-6,8H2,1-2,4H3/t11-,13-,14?/m0/s1. The van der Waals surface area contributed by atoms with Crippen molar-refractivity contribution in [2.24, 2.45) is 11.8 Å². The summed E-state index contributed by atoms with van der Waals surface area (Å²) in [5.74, 6) is -0.507. The molecule has 3 atom stereocenters. The molecule has 1 aliphatic carbocycles. The molecule has 1 unspecified atom stereocenters. The van der Waals surface area contributed by atoms with Crippen LogP contribution in [0, 0.1) is 11.8 Å². The molecule has 0 spiro atoms. The van der Waals surface area contributed by atoms with Gasteiger partial charge in [0.25, 0.3) is 0 Å². The van der Waals surface area contributed by atoms with E-state index >= 15 is 0 Å². The van der Waals surface area contributed by atoms with Gasteiger partial charge < -0.3 is 5.11 Å². The first kappa shape index (κ1) is 14.8. The molecule has 1 saturated carbocycles. The van der Waals surface area contributed by atoms with Gasteiger partial charge >= 0.3 is 0 Å². The van der Waals surface area contributed by atoms with Crippen molar-refractivity contribution in [2.75, 3.05) is 0 Å². The smallest absolute Gasteiger partial charge is 0.168 e. The van der Waals surface area contributed by atoms with E-state index in [1.54, 1.807) is 13.0 Å². The van der Waals surface area contributed by atoms with E-state index in [1.165, 1.54) is 0 Å². The average Bonchev–Trinajstić information content (AvgIpc) is 2.29. The normalized spacial score (nSPS) is 23.4. The van der Waals surface area contributed by atoms with Crippen LogP contribution in [0.15, 0.2) is 23.8 Å². The zero-order chi connectivity index (χ0) is 13.9. The van der Waals surface area contributed by atoms with E-state index < -0.39 is 6.10 Å². The van der Waals surface area contributed by atoms with Gasteiger partial charge in [-0.1, -0.05) is 30.7 Å². The van der Waals surface area contributed by atoms with Crippen LogP contribution in [-0.2, 0) is 9.59 Å². The maximum Gasteiger partial charge on any atom is 0.168 e. The molecule has 1 rings (SSSR count). The summed E-state index contributed by atoms with van der Waals surface area (Å²) >= 11 is 0. The van der Waals surface area contributed by atoms with Gasteiger partial charge in [-0.3, -0.25) is 9.59 Å². The third-order valence-corrected chi connectivity index (χ3v) is 3.53. The molecular weight excluding hydrogens is 228 g/mol. The monoisotopic (exact) mass is 250 g/mol. The average molecular weight is 250 g/mol. The summed E-state index contributed by atoms with van der Waals surface area (Å²) in [5.41, 5.74) is 1.86. The molecule has 0 saturated heterocycles. The Hall–Kier alpha value is -1.22. The Morgan fingerprint density at radius 3 is 2.61 bits per heavy atom. The van der Waals surface area contributed by atoms with Gasteiger partial charge in [-0.05, 0) is 26.2 Å². The molecule has 1 fully saturated rings. The fourth-order valence-electron chi connectivity index (χ4n) is 2.37. The minimum atomic E-state index is -1.07. The molecular formula is C15H22O3. The number of aliphatic hydroxyl groups excluding tert-OH is 1.